The maximum Gasteiger partial charge on any atom is 0.245 e. The number of halogens is 1. The van der Waals surface area contributed by atoms with Gasteiger partial charge in [-0.05, 0) is 32.0 Å². The molecule has 1 rings (SSSR count). The van der Waals surface area contributed by atoms with E-state index in [2.05, 4.69) is 6.58 Å². The monoisotopic (exact) mass is 272 g/mol. The molecule has 1 aromatic rings. The van der Waals surface area contributed by atoms with Crippen molar-refractivity contribution in [2.75, 3.05) is 12.3 Å². The Labute approximate surface area is 107 Å². The Balaban J connectivity index is 3.30. The van der Waals surface area contributed by atoms with Crippen LogP contribution in [-0.4, -0.2) is 25.3 Å². The average Bonchev–Trinajstić information content (AvgIpc) is 2.24. The fourth-order valence-corrected chi connectivity index (χ4v) is 3.30. The first kappa shape index (κ1) is 14.7. The molecular weight excluding hydrogens is 255 g/mol. The van der Waals surface area contributed by atoms with E-state index in [4.69, 9.17) is 5.73 Å². The van der Waals surface area contributed by atoms with Crippen LogP contribution >= 0.6 is 0 Å². The van der Waals surface area contributed by atoms with E-state index in [1.807, 2.05) is 0 Å². The molecule has 0 aliphatic rings. The Morgan fingerprint density at radius 3 is 2.56 bits per heavy atom. The zero-order valence-electron chi connectivity index (χ0n) is 10.4. The standard InChI is InChI=1S/C12H17FN2O2S/c1-4-7-15(9(2)3)18(16,17)12-6-5-10(13)8-11(12)14/h4-6,8-9H,1,7,14H2,2-3H3. The van der Waals surface area contributed by atoms with Crippen molar-refractivity contribution >= 4 is 15.7 Å². The maximum atomic E-state index is 12.9. The van der Waals surface area contributed by atoms with E-state index >= 15 is 0 Å². The van der Waals surface area contributed by atoms with Crippen LogP contribution in [0, 0.1) is 5.82 Å². The van der Waals surface area contributed by atoms with Gasteiger partial charge in [-0.1, -0.05) is 6.08 Å². The third-order valence-electron chi connectivity index (χ3n) is 2.44. The Kier molecular flexibility index (Phi) is 4.48. The molecule has 0 fully saturated rings. The molecule has 0 spiro atoms. The Bertz CT molecular complexity index is 541. The zero-order chi connectivity index (χ0) is 13.9. The lowest BCUT2D eigenvalue weighted by molar-refractivity contribution is 0.383. The molecule has 0 aliphatic carbocycles. The highest BCUT2D eigenvalue weighted by Crippen LogP contribution is 2.24. The highest BCUT2D eigenvalue weighted by Gasteiger charge is 2.27. The summed E-state index contributed by atoms with van der Waals surface area (Å²) < 4.78 is 38.9. The Morgan fingerprint density at radius 1 is 1.50 bits per heavy atom. The minimum atomic E-state index is -3.74. The van der Waals surface area contributed by atoms with Crippen molar-refractivity contribution in [3.05, 3.63) is 36.7 Å². The van der Waals surface area contributed by atoms with Gasteiger partial charge in [0.05, 0.1) is 5.69 Å². The minimum absolute atomic E-state index is 0.0838. The zero-order valence-corrected chi connectivity index (χ0v) is 11.2. The number of benzene rings is 1. The van der Waals surface area contributed by atoms with Crippen LogP contribution in [0.4, 0.5) is 10.1 Å². The minimum Gasteiger partial charge on any atom is -0.398 e. The molecule has 100 valence electrons. The van der Waals surface area contributed by atoms with Crippen molar-refractivity contribution in [1.29, 1.82) is 0 Å². The molecule has 0 saturated heterocycles. The normalized spacial score (nSPS) is 12.1. The molecule has 0 amide bonds. The van der Waals surface area contributed by atoms with Gasteiger partial charge in [0.2, 0.25) is 10.0 Å². The molecule has 4 nitrogen and oxygen atoms in total. The van der Waals surface area contributed by atoms with Crippen molar-refractivity contribution in [2.45, 2.75) is 24.8 Å². The molecule has 2 N–H and O–H groups in total. The number of hydrogen-bond donors (Lipinski definition) is 1. The summed E-state index contributed by atoms with van der Waals surface area (Å²) in [7, 11) is -3.74. The van der Waals surface area contributed by atoms with Gasteiger partial charge in [-0.3, -0.25) is 0 Å². The molecule has 18 heavy (non-hydrogen) atoms. The quantitative estimate of drug-likeness (QED) is 0.658. The van der Waals surface area contributed by atoms with Gasteiger partial charge in [-0.25, -0.2) is 12.8 Å². The Hall–Kier alpha value is -1.40. The van der Waals surface area contributed by atoms with Crippen LogP contribution in [0.2, 0.25) is 0 Å². The van der Waals surface area contributed by atoms with E-state index in [0.717, 1.165) is 12.1 Å². The molecule has 1 aromatic carbocycles. The number of nitrogens with two attached hydrogens (primary N) is 1. The van der Waals surface area contributed by atoms with Gasteiger partial charge >= 0.3 is 0 Å². The first-order valence-corrected chi connectivity index (χ1v) is 6.92. The van der Waals surface area contributed by atoms with E-state index in [9.17, 15) is 12.8 Å². The first-order valence-electron chi connectivity index (χ1n) is 5.48. The van der Waals surface area contributed by atoms with Crippen molar-refractivity contribution in [3.63, 3.8) is 0 Å². The highest BCUT2D eigenvalue weighted by atomic mass is 32.2. The topological polar surface area (TPSA) is 63.4 Å². The number of nitrogens with zero attached hydrogens (tertiary/aromatic N) is 1. The largest absolute Gasteiger partial charge is 0.398 e. The summed E-state index contributed by atoms with van der Waals surface area (Å²) in [5.74, 6) is -0.564. The lowest BCUT2D eigenvalue weighted by Crippen LogP contribution is -2.37. The second-order valence-electron chi connectivity index (χ2n) is 4.14. The molecule has 0 atom stereocenters. The van der Waals surface area contributed by atoms with Crippen molar-refractivity contribution in [2.24, 2.45) is 0 Å². The number of rotatable bonds is 5. The Morgan fingerprint density at radius 2 is 2.11 bits per heavy atom. The summed E-state index contributed by atoms with van der Waals surface area (Å²) in [5, 5.41) is 0. The SMILES string of the molecule is C=CCN(C(C)C)S(=O)(=O)c1ccc(F)cc1N. The lowest BCUT2D eigenvalue weighted by atomic mass is 10.3. The molecule has 0 bridgehead atoms. The molecular formula is C12H17FN2O2S. The molecule has 0 aromatic heterocycles. The summed E-state index contributed by atoms with van der Waals surface area (Å²) in [6.07, 6.45) is 1.50. The summed E-state index contributed by atoms with van der Waals surface area (Å²) in [6, 6.07) is 3.02. The van der Waals surface area contributed by atoms with Gasteiger partial charge in [0.1, 0.15) is 10.7 Å². The molecule has 0 radical (unpaired) electrons. The van der Waals surface area contributed by atoms with Gasteiger partial charge in [0.25, 0.3) is 0 Å². The van der Waals surface area contributed by atoms with E-state index in [1.54, 1.807) is 13.8 Å². The fraction of sp³-hybridized carbons (Fsp3) is 0.333. The molecule has 0 aliphatic heterocycles. The smallest absolute Gasteiger partial charge is 0.245 e. The van der Waals surface area contributed by atoms with E-state index < -0.39 is 15.8 Å². The van der Waals surface area contributed by atoms with E-state index in [1.165, 1.54) is 16.4 Å². The van der Waals surface area contributed by atoms with Crippen molar-refractivity contribution in [3.8, 4) is 0 Å². The molecule has 0 heterocycles. The maximum absolute atomic E-state index is 12.9. The van der Waals surface area contributed by atoms with Crippen molar-refractivity contribution < 1.29 is 12.8 Å². The predicted molar refractivity (Wildman–Crippen MR) is 70.0 cm³/mol. The fourth-order valence-electron chi connectivity index (χ4n) is 1.59. The van der Waals surface area contributed by atoms with Gasteiger partial charge in [0.15, 0.2) is 0 Å². The summed E-state index contributed by atoms with van der Waals surface area (Å²) >= 11 is 0. The van der Waals surface area contributed by atoms with Gasteiger partial charge in [-0.15, -0.1) is 6.58 Å². The summed E-state index contributed by atoms with van der Waals surface area (Å²) in [4.78, 5) is -0.0838. The third kappa shape index (κ3) is 2.88. The van der Waals surface area contributed by atoms with Crippen LogP contribution in [-0.2, 0) is 10.0 Å². The van der Waals surface area contributed by atoms with Gasteiger partial charge in [-0.2, -0.15) is 4.31 Å². The van der Waals surface area contributed by atoms with Gasteiger partial charge in [0, 0.05) is 12.6 Å². The van der Waals surface area contributed by atoms with Crippen LogP contribution in [0.5, 0.6) is 0 Å². The number of nitrogen functional groups attached to an aromatic ring is 1. The number of hydrogen-bond acceptors (Lipinski definition) is 3. The van der Waals surface area contributed by atoms with Crippen LogP contribution in [0.15, 0.2) is 35.7 Å². The van der Waals surface area contributed by atoms with Crippen molar-refractivity contribution in [1.82, 2.24) is 4.31 Å². The van der Waals surface area contributed by atoms with Crippen LogP contribution in [0.25, 0.3) is 0 Å². The lowest BCUT2D eigenvalue weighted by Gasteiger charge is -2.25. The van der Waals surface area contributed by atoms with Gasteiger partial charge < -0.3 is 5.73 Å². The average molecular weight is 272 g/mol. The van der Waals surface area contributed by atoms with E-state index in [-0.39, 0.29) is 23.2 Å². The predicted octanol–water partition coefficient (Wildman–Crippen LogP) is 1.99. The third-order valence-corrected chi connectivity index (χ3v) is 4.56. The van der Waals surface area contributed by atoms with Crippen LogP contribution < -0.4 is 5.73 Å². The first-order chi connectivity index (χ1) is 8.30. The molecule has 0 saturated carbocycles. The van der Waals surface area contributed by atoms with E-state index in [0.29, 0.717) is 0 Å². The van der Waals surface area contributed by atoms with Crippen LogP contribution in [0.3, 0.4) is 0 Å². The number of anilines is 1. The van der Waals surface area contributed by atoms with Crippen LogP contribution in [0.1, 0.15) is 13.8 Å². The second kappa shape index (κ2) is 5.49. The summed E-state index contributed by atoms with van der Waals surface area (Å²) in [6.45, 7) is 7.21. The summed E-state index contributed by atoms with van der Waals surface area (Å²) in [5.41, 5.74) is 5.48. The number of sulfonamides is 1. The highest BCUT2D eigenvalue weighted by molar-refractivity contribution is 7.89. The second-order valence-corrected chi connectivity index (χ2v) is 6.00. The molecule has 0 unspecified atom stereocenters. The molecule has 6 heteroatoms.